The summed E-state index contributed by atoms with van der Waals surface area (Å²) in [4.78, 5) is 41.8. The zero-order valence-corrected chi connectivity index (χ0v) is 29.2. The van der Waals surface area contributed by atoms with E-state index in [1.54, 1.807) is 19.0 Å². The van der Waals surface area contributed by atoms with E-state index in [9.17, 15) is 19.5 Å². The summed E-state index contributed by atoms with van der Waals surface area (Å²) in [5.41, 5.74) is 5.42. The van der Waals surface area contributed by atoms with Crippen LogP contribution in [-0.4, -0.2) is 72.8 Å². The number of nitrogens with zero attached hydrogens (tertiary/aromatic N) is 1. The maximum absolute atomic E-state index is 13.7. The van der Waals surface area contributed by atoms with Crippen molar-refractivity contribution in [1.82, 2.24) is 10.2 Å². The van der Waals surface area contributed by atoms with Crippen molar-refractivity contribution in [2.24, 2.45) is 39.7 Å². The topological polar surface area (TPSA) is 122 Å². The van der Waals surface area contributed by atoms with Crippen molar-refractivity contribution in [3.63, 3.8) is 0 Å². The summed E-state index contributed by atoms with van der Waals surface area (Å²) in [5, 5.41) is 15.8. The molecule has 0 aliphatic heterocycles. The molecule has 0 aromatic heterocycles. The molecule has 9 heteroatoms. The van der Waals surface area contributed by atoms with Gasteiger partial charge in [0.1, 0.15) is 11.9 Å². The molecule has 252 valence electrons. The number of nitrogens with one attached hydrogen (secondary N) is 1. The van der Waals surface area contributed by atoms with Gasteiger partial charge in [0.25, 0.3) is 0 Å². The summed E-state index contributed by atoms with van der Waals surface area (Å²) in [7, 11) is 3.57. The Balaban J connectivity index is 1.53. The molecule has 3 aliphatic carbocycles. The van der Waals surface area contributed by atoms with E-state index >= 15 is 0 Å². The van der Waals surface area contributed by atoms with Crippen molar-refractivity contribution in [2.45, 2.75) is 109 Å². The average molecular weight is 644 g/mol. The zero-order valence-electron chi connectivity index (χ0n) is 28.4. The molecular weight excluding hydrogens is 586 g/mol. The number of Topliss-reactive ketones (excluding diaryl/α,β-unsaturated/α-hetero) is 1. The third-order valence-electron chi connectivity index (χ3n) is 12.0. The second kappa shape index (κ2) is 14.9. The van der Waals surface area contributed by atoms with Crippen molar-refractivity contribution in [2.75, 3.05) is 32.9 Å². The molecule has 8 atom stereocenters. The van der Waals surface area contributed by atoms with Crippen LogP contribution in [0.25, 0.3) is 0 Å². The van der Waals surface area contributed by atoms with Gasteiger partial charge in [-0.1, -0.05) is 46.2 Å². The maximum Gasteiger partial charge on any atom is 0.316 e. The molecule has 0 heterocycles. The van der Waals surface area contributed by atoms with Crippen LogP contribution in [0.3, 0.4) is 0 Å². The quantitative estimate of drug-likeness (QED) is 0.152. The second-order valence-electron chi connectivity index (χ2n) is 14.9. The first-order chi connectivity index (χ1) is 21.3. The Morgan fingerprint density at radius 1 is 1.11 bits per heavy atom. The van der Waals surface area contributed by atoms with Crippen molar-refractivity contribution in [3.8, 4) is 0 Å². The number of amides is 1. The van der Waals surface area contributed by atoms with Gasteiger partial charge in [-0.3, -0.25) is 14.4 Å². The Morgan fingerprint density at radius 2 is 1.82 bits per heavy atom. The van der Waals surface area contributed by atoms with Gasteiger partial charge >= 0.3 is 5.97 Å². The number of ketones is 1. The second-order valence-corrected chi connectivity index (χ2v) is 16.0. The number of carbonyl (C=O) groups is 3. The number of benzene rings is 1. The minimum absolute atomic E-state index is 0.0479. The van der Waals surface area contributed by atoms with E-state index in [0.717, 1.165) is 55.5 Å². The van der Waals surface area contributed by atoms with Crippen LogP contribution in [0.4, 0.5) is 0 Å². The highest BCUT2D eigenvalue weighted by Crippen LogP contribution is 2.67. The SMILES string of the molecule is C[C@@H]1CC[C@@]23CCC(=O)[C@H]2[C@]1(C)[C@H](OC(=O)CSc1ccc(CN)cc1)C[C@](C)(CNCCCCCC(=O)N(C)C)[C@@H](O)[C@@H]3C. The van der Waals surface area contributed by atoms with Gasteiger partial charge in [-0.25, -0.2) is 0 Å². The van der Waals surface area contributed by atoms with Crippen LogP contribution >= 0.6 is 11.8 Å². The third-order valence-corrected chi connectivity index (χ3v) is 12.9. The Hall–Kier alpha value is -1.94. The molecule has 1 amide bonds. The van der Waals surface area contributed by atoms with Crippen molar-refractivity contribution >= 4 is 29.4 Å². The number of hydrogen-bond donors (Lipinski definition) is 3. The van der Waals surface area contributed by atoms with E-state index in [1.807, 2.05) is 24.3 Å². The number of rotatable bonds is 13. The van der Waals surface area contributed by atoms with Gasteiger partial charge in [0, 0.05) is 61.7 Å². The van der Waals surface area contributed by atoms with E-state index in [1.165, 1.54) is 11.8 Å². The lowest BCUT2D eigenvalue weighted by Gasteiger charge is -2.62. The summed E-state index contributed by atoms with van der Waals surface area (Å²) in [6.45, 7) is 10.6. The van der Waals surface area contributed by atoms with Crippen LogP contribution in [0.2, 0.25) is 0 Å². The first-order valence-electron chi connectivity index (χ1n) is 17.0. The first kappa shape index (κ1) is 35.9. The van der Waals surface area contributed by atoms with Gasteiger partial charge in [-0.15, -0.1) is 11.8 Å². The molecule has 45 heavy (non-hydrogen) atoms. The van der Waals surface area contributed by atoms with Gasteiger partial charge in [0.05, 0.1) is 11.9 Å². The van der Waals surface area contributed by atoms with Crippen molar-refractivity contribution in [3.05, 3.63) is 29.8 Å². The fourth-order valence-corrected chi connectivity index (χ4v) is 9.57. The molecule has 3 saturated carbocycles. The number of aliphatic hydroxyl groups excluding tert-OH is 1. The minimum Gasteiger partial charge on any atom is -0.461 e. The molecule has 1 aromatic rings. The Kier molecular flexibility index (Phi) is 11.9. The molecular formula is C36H57N3O5S. The third kappa shape index (κ3) is 7.47. The van der Waals surface area contributed by atoms with Gasteiger partial charge < -0.3 is 25.8 Å². The summed E-state index contributed by atoms with van der Waals surface area (Å²) in [6.07, 6.45) is 5.88. The number of hydrogen-bond acceptors (Lipinski definition) is 8. The lowest BCUT2D eigenvalue weighted by atomic mass is 9.44. The number of carbonyl (C=O) groups excluding carboxylic acids is 3. The summed E-state index contributed by atoms with van der Waals surface area (Å²) >= 11 is 1.45. The number of thioether (sulfide) groups is 1. The lowest BCUT2D eigenvalue weighted by molar-refractivity contribution is -0.210. The van der Waals surface area contributed by atoms with E-state index in [0.29, 0.717) is 32.4 Å². The fraction of sp³-hybridized carbons (Fsp3) is 0.750. The number of ether oxygens (including phenoxy) is 1. The monoisotopic (exact) mass is 643 g/mol. The smallest absolute Gasteiger partial charge is 0.316 e. The van der Waals surface area contributed by atoms with E-state index in [2.05, 4.69) is 33.0 Å². The molecule has 8 nitrogen and oxygen atoms in total. The van der Waals surface area contributed by atoms with E-state index in [-0.39, 0.29) is 46.6 Å². The van der Waals surface area contributed by atoms with Gasteiger partial charge in [-0.2, -0.15) is 0 Å². The molecule has 0 spiro atoms. The highest BCUT2D eigenvalue weighted by Gasteiger charge is 2.68. The van der Waals surface area contributed by atoms with E-state index in [4.69, 9.17) is 10.5 Å². The van der Waals surface area contributed by atoms with Crippen LogP contribution < -0.4 is 11.1 Å². The Morgan fingerprint density at radius 3 is 2.49 bits per heavy atom. The number of aliphatic hydroxyl groups is 1. The van der Waals surface area contributed by atoms with Gasteiger partial charge in [0.2, 0.25) is 5.91 Å². The first-order valence-corrected chi connectivity index (χ1v) is 18.0. The molecule has 3 fully saturated rings. The fourth-order valence-electron chi connectivity index (χ4n) is 8.89. The number of unbranched alkanes of at least 4 members (excludes halogenated alkanes) is 2. The summed E-state index contributed by atoms with van der Waals surface area (Å²) in [5.74, 6) is 0.250. The molecule has 0 saturated heterocycles. The molecule has 4 N–H and O–H groups in total. The maximum atomic E-state index is 13.7. The molecule has 2 bridgehead atoms. The summed E-state index contributed by atoms with van der Waals surface area (Å²) < 4.78 is 6.48. The molecule has 0 unspecified atom stereocenters. The highest BCUT2D eigenvalue weighted by molar-refractivity contribution is 8.00. The van der Waals surface area contributed by atoms with Gasteiger partial charge in [-0.05, 0) is 80.0 Å². The normalized spacial score (nSPS) is 34.5. The van der Waals surface area contributed by atoms with Crippen LogP contribution in [0.5, 0.6) is 0 Å². The average Bonchev–Trinajstić information content (AvgIpc) is 3.37. The predicted octanol–water partition coefficient (Wildman–Crippen LogP) is 5.20. The summed E-state index contributed by atoms with van der Waals surface area (Å²) in [6, 6.07) is 7.91. The van der Waals surface area contributed by atoms with Crippen LogP contribution in [0.15, 0.2) is 29.2 Å². The minimum atomic E-state index is -0.647. The van der Waals surface area contributed by atoms with Crippen molar-refractivity contribution in [1.29, 1.82) is 0 Å². The molecule has 1 aromatic carbocycles. The number of nitrogens with two attached hydrogens (primary N) is 1. The molecule has 0 radical (unpaired) electrons. The van der Waals surface area contributed by atoms with E-state index < -0.39 is 23.0 Å². The molecule has 4 rings (SSSR count). The zero-order chi connectivity index (χ0) is 33.0. The Labute approximate surface area is 275 Å². The van der Waals surface area contributed by atoms with Crippen LogP contribution in [0.1, 0.15) is 91.0 Å². The highest BCUT2D eigenvalue weighted by atomic mass is 32.2. The van der Waals surface area contributed by atoms with Crippen LogP contribution in [0, 0.1) is 34.0 Å². The molecule has 3 aliphatic rings. The lowest BCUT2D eigenvalue weighted by Crippen LogP contribution is -2.64. The largest absolute Gasteiger partial charge is 0.461 e. The van der Waals surface area contributed by atoms with Crippen molar-refractivity contribution < 1.29 is 24.2 Å². The number of esters is 1. The van der Waals surface area contributed by atoms with Gasteiger partial charge in [0.15, 0.2) is 0 Å². The standard InChI is InChI=1S/C36H57N3O5S/c1-24-15-17-36-18-16-28(40)32(36)35(24,4)29(44-31(42)22-45-27-13-11-26(21-37)12-14-27)20-34(3,33(43)25(36)2)23-38-19-9-7-8-10-30(41)39(5)6/h11-14,24-25,29,32-33,38,43H,7-10,15-23,37H2,1-6H3/t24-,25+,29-,32+,33+,34-,35+,36+/m1/s1. The van der Waals surface area contributed by atoms with Crippen LogP contribution in [-0.2, 0) is 25.7 Å². The predicted molar refractivity (Wildman–Crippen MR) is 180 cm³/mol. The Bertz CT molecular complexity index is 1190.